The molecule has 0 saturated carbocycles. The van der Waals surface area contributed by atoms with Gasteiger partial charge >= 0.3 is 0 Å². The van der Waals surface area contributed by atoms with Crippen LogP contribution < -0.4 is 16.0 Å². The second kappa shape index (κ2) is 9.67. The summed E-state index contributed by atoms with van der Waals surface area (Å²) in [5, 5.41) is 13.5. The standard InChI is InChI=1S/C19H20ClN7O2/c1-3-17(28)23-13-5-4-6-14(9-13)24-18-16(20)11-21-19(26-18)25-15-10-22-27(12-15)7-8-29-2/h3-6,9-12H,1,7-8H2,2H3,(H,23,28)(H2,21,24,25,26). The molecule has 3 rings (SSSR count). The Labute approximate surface area is 172 Å². The molecule has 0 radical (unpaired) electrons. The second-order valence-corrected chi connectivity index (χ2v) is 6.31. The Bertz CT molecular complexity index is 1010. The van der Waals surface area contributed by atoms with Crippen LogP contribution >= 0.6 is 11.6 Å². The number of aromatic nitrogens is 4. The van der Waals surface area contributed by atoms with Gasteiger partial charge in [0, 0.05) is 24.7 Å². The predicted octanol–water partition coefficient (Wildman–Crippen LogP) is 3.58. The van der Waals surface area contributed by atoms with Crippen molar-refractivity contribution in [1.29, 1.82) is 0 Å². The van der Waals surface area contributed by atoms with E-state index in [0.717, 1.165) is 5.69 Å². The fourth-order valence-electron chi connectivity index (χ4n) is 2.38. The Kier molecular flexibility index (Phi) is 6.77. The Balaban J connectivity index is 1.72. The van der Waals surface area contributed by atoms with Gasteiger partial charge in [0.05, 0.1) is 31.2 Å². The average molecular weight is 414 g/mol. The lowest BCUT2D eigenvalue weighted by molar-refractivity contribution is -0.111. The van der Waals surface area contributed by atoms with Gasteiger partial charge in [0.25, 0.3) is 0 Å². The van der Waals surface area contributed by atoms with Gasteiger partial charge in [0.1, 0.15) is 5.02 Å². The molecule has 0 aliphatic heterocycles. The molecule has 1 aromatic carbocycles. The van der Waals surface area contributed by atoms with Crippen LogP contribution in [0.25, 0.3) is 0 Å². The van der Waals surface area contributed by atoms with Gasteiger partial charge in [-0.05, 0) is 24.3 Å². The lowest BCUT2D eigenvalue weighted by atomic mass is 10.2. The third-order valence-corrected chi connectivity index (χ3v) is 4.01. The van der Waals surface area contributed by atoms with Crippen LogP contribution in [0.3, 0.4) is 0 Å². The summed E-state index contributed by atoms with van der Waals surface area (Å²) in [7, 11) is 1.64. The maximum absolute atomic E-state index is 11.5. The molecule has 2 aromatic heterocycles. The fraction of sp³-hybridized carbons (Fsp3) is 0.158. The van der Waals surface area contributed by atoms with E-state index in [2.05, 4.69) is 37.6 Å². The van der Waals surface area contributed by atoms with Crippen LogP contribution in [0.1, 0.15) is 0 Å². The van der Waals surface area contributed by atoms with Crippen LogP contribution in [0.15, 0.2) is 55.5 Å². The van der Waals surface area contributed by atoms with Crippen molar-refractivity contribution in [3.8, 4) is 0 Å². The highest BCUT2D eigenvalue weighted by atomic mass is 35.5. The molecular formula is C19H20ClN7O2. The van der Waals surface area contributed by atoms with E-state index >= 15 is 0 Å². The highest BCUT2D eigenvalue weighted by Gasteiger charge is 2.08. The average Bonchev–Trinajstić information content (AvgIpc) is 3.16. The van der Waals surface area contributed by atoms with Crippen LogP contribution in [0.5, 0.6) is 0 Å². The molecule has 0 aliphatic carbocycles. The number of nitrogens with one attached hydrogen (secondary N) is 3. The van der Waals surface area contributed by atoms with Crippen molar-refractivity contribution in [1.82, 2.24) is 19.7 Å². The molecule has 3 aromatic rings. The molecule has 0 atom stereocenters. The van der Waals surface area contributed by atoms with E-state index in [-0.39, 0.29) is 5.91 Å². The number of amides is 1. The first-order valence-electron chi connectivity index (χ1n) is 8.69. The van der Waals surface area contributed by atoms with E-state index in [1.54, 1.807) is 36.2 Å². The van der Waals surface area contributed by atoms with Gasteiger partial charge in [0.2, 0.25) is 11.9 Å². The first kappa shape index (κ1) is 20.3. The number of anilines is 5. The minimum absolute atomic E-state index is 0.292. The zero-order valence-corrected chi connectivity index (χ0v) is 16.5. The van der Waals surface area contributed by atoms with E-state index in [9.17, 15) is 4.79 Å². The van der Waals surface area contributed by atoms with Gasteiger partial charge in [-0.2, -0.15) is 10.1 Å². The molecule has 0 aliphatic rings. The van der Waals surface area contributed by atoms with Crippen LogP contribution in [-0.2, 0) is 16.1 Å². The Morgan fingerprint density at radius 2 is 2.10 bits per heavy atom. The summed E-state index contributed by atoms with van der Waals surface area (Å²) in [6, 6.07) is 7.15. The maximum Gasteiger partial charge on any atom is 0.247 e. The number of rotatable bonds is 9. The number of benzene rings is 1. The van der Waals surface area contributed by atoms with Crippen molar-refractivity contribution in [3.63, 3.8) is 0 Å². The lowest BCUT2D eigenvalue weighted by Gasteiger charge is -2.11. The van der Waals surface area contributed by atoms with Gasteiger partial charge in [0.15, 0.2) is 5.82 Å². The number of methoxy groups -OCH3 is 1. The first-order valence-corrected chi connectivity index (χ1v) is 9.06. The van der Waals surface area contributed by atoms with Gasteiger partial charge in [-0.25, -0.2) is 4.98 Å². The highest BCUT2D eigenvalue weighted by molar-refractivity contribution is 6.32. The van der Waals surface area contributed by atoms with Crippen LogP contribution in [0.4, 0.5) is 28.8 Å². The van der Waals surface area contributed by atoms with E-state index in [1.807, 2.05) is 12.3 Å². The molecule has 29 heavy (non-hydrogen) atoms. The number of hydrogen-bond donors (Lipinski definition) is 3. The first-order chi connectivity index (χ1) is 14.1. The monoisotopic (exact) mass is 413 g/mol. The molecule has 3 N–H and O–H groups in total. The van der Waals surface area contributed by atoms with Crippen molar-refractivity contribution in [3.05, 3.63) is 60.5 Å². The summed E-state index contributed by atoms with van der Waals surface area (Å²) in [6.07, 6.45) is 6.21. The molecule has 0 bridgehead atoms. The summed E-state index contributed by atoms with van der Waals surface area (Å²) in [6.45, 7) is 4.65. The molecule has 0 saturated heterocycles. The van der Waals surface area contributed by atoms with Gasteiger partial charge in [-0.1, -0.05) is 24.2 Å². The number of hydrogen-bond acceptors (Lipinski definition) is 7. The van der Waals surface area contributed by atoms with Crippen molar-refractivity contribution in [2.45, 2.75) is 6.54 Å². The van der Waals surface area contributed by atoms with Crippen molar-refractivity contribution in [2.75, 3.05) is 29.7 Å². The summed E-state index contributed by atoms with van der Waals surface area (Å²) in [5.41, 5.74) is 2.06. The van der Waals surface area contributed by atoms with Gasteiger partial charge in [-0.3, -0.25) is 9.48 Å². The normalized spacial score (nSPS) is 10.4. The van der Waals surface area contributed by atoms with E-state index in [1.165, 1.54) is 12.3 Å². The summed E-state index contributed by atoms with van der Waals surface area (Å²) >= 11 is 6.23. The molecule has 0 unspecified atom stereocenters. The molecule has 0 spiro atoms. The molecule has 0 fully saturated rings. The molecule has 150 valence electrons. The summed E-state index contributed by atoms with van der Waals surface area (Å²) < 4.78 is 6.79. The minimum Gasteiger partial charge on any atom is -0.383 e. The molecule has 10 heteroatoms. The van der Waals surface area contributed by atoms with Crippen molar-refractivity contribution in [2.24, 2.45) is 0 Å². The zero-order valence-electron chi connectivity index (χ0n) is 15.7. The largest absolute Gasteiger partial charge is 0.383 e. The molecule has 1 amide bonds. The van der Waals surface area contributed by atoms with E-state index < -0.39 is 0 Å². The third kappa shape index (κ3) is 5.77. The number of ether oxygens (including phenoxy) is 1. The predicted molar refractivity (Wildman–Crippen MR) is 113 cm³/mol. The van der Waals surface area contributed by atoms with Crippen molar-refractivity contribution < 1.29 is 9.53 Å². The zero-order chi connectivity index (χ0) is 20.6. The number of carbonyl (C=O) groups excluding carboxylic acids is 1. The number of carbonyl (C=O) groups is 1. The van der Waals surface area contributed by atoms with E-state index in [4.69, 9.17) is 16.3 Å². The third-order valence-electron chi connectivity index (χ3n) is 3.74. The summed E-state index contributed by atoms with van der Waals surface area (Å²) in [5.74, 6) is 0.488. The Morgan fingerprint density at radius 1 is 1.28 bits per heavy atom. The highest BCUT2D eigenvalue weighted by Crippen LogP contribution is 2.26. The van der Waals surface area contributed by atoms with Gasteiger partial charge in [-0.15, -0.1) is 0 Å². The Hall–Kier alpha value is -3.43. The lowest BCUT2D eigenvalue weighted by Crippen LogP contribution is -2.07. The van der Waals surface area contributed by atoms with Crippen LogP contribution in [0.2, 0.25) is 5.02 Å². The fourth-order valence-corrected chi connectivity index (χ4v) is 2.52. The molecule has 2 heterocycles. The second-order valence-electron chi connectivity index (χ2n) is 5.90. The number of halogens is 1. The molecular weight excluding hydrogens is 394 g/mol. The maximum atomic E-state index is 11.5. The SMILES string of the molecule is C=CC(=O)Nc1cccc(Nc2nc(Nc3cnn(CCOC)c3)ncc2Cl)c1. The van der Waals surface area contributed by atoms with Crippen LogP contribution in [0, 0.1) is 0 Å². The summed E-state index contributed by atoms with van der Waals surface area (Å²) in [4.78, 5) is 20.1. The number of nitrogens with zero attached hydrogens (tertiary/aromatic N) is 4. The minimum atomic E-state index is -0.292. The topological polar surface area (TPSA) is 106 Å². The van der Waals surface area contributed by atoms with Crippen molar-refractivity contribution >= 4 is 46.3 Å². The van der Waals surface area contributed by atoms with Gasteiger partial charge < -0.3 is 20.7 Å². The Morgan fingerprint density at radius 3 is 2.90 bits per heavy atom. The van der Waals surface area contributed by atoms with Crippen LogP contribution in [-0.4, -0.2) is 39.4 Å². The van der Waals surface area contributed by atoms with E-state index in [0.29, 0.717) is 41.3 Å². The quantitative estimate of drug-likeness (QED) is 0.460. The smallest absolute Gasteiger partial charge is 0.247 e. The molecule has 9 nitrogen and oxygen atoms in total.